The van der Waals surface area contributed by atoms with Crippen LogP contribution in [0.3, 0.4) is 0 Å². The summed E-state index contributed by atoms with van der Waals surface area (Å²) in [5, 5.41) is 2.92. The second kappa shape index (κ2) is 10.8. The zero-order valence-corrected chi connectivity index (χ0v) is 19.4. The first kappa shape index (κ1) is 24.0. The molecule has 1 aromatic heterocycles. The topological polar surface area (TPSA) is 120 Å². The molecule has 10 heteroatoms. The minimum Gasteiger partial charge on any atom is -0.470 e. The van der Waals surface area contributed by atoms with Gasteiger partial charge < -0.3 is 14.8 Å². The number of aromatic nitrogens is 2. The highest BCUT2D eigenvalue weighted by Crippen LogP contribution is 2.38. The van der Waals surface area contributed by atoms with E-state index in [9.17, 15) is 13.2 Å². The smallest absolute Gasteiger partial charge is 0.220 e. The molecule has 0 spiro atoms. The molecule has 2 aliphatic rings. The molecule has 2 N–H and O–H groups in total. The van der Waals surface area contributed by atoms with Crippen LogP contribution in [0.2, 0.25) is 0 Å². The third-order valence-corrected chi connectivity index (χ3v) is 8.08. The maximum absolute atomic E-state index is 12.2. The van der Waals surface area contributed by atoms with Gasteiger partial charge in [0.05, 0.1) is 18.0 Å². The van der Waals surface area contributed by atoms with Crippen LogP contribution in [0.5, 0.6) is 5.88 Å². The van der Waals surface area contributed by atoms with E-state index in [0.29, 0.717) is 12.5 Å². The van der Waals surface area contributed by atoms with Crippen LogP contribution in [0.15, 0.2) is 6.33 Å². The summed E-state index contributed by atoms with van der Waals surface area (Å²) >= 11 is 0. The standard InChI is InChI=1S/C21H34N4O5S/c1-14(2)31(27,28)25-18-8-9-22-19(18)12-30-17-6-4-16(5-7-17)20-15(3)23-13-24-21(20)29-11-10-26/h10,13-14,16-19,22,25H,4-9,11-12H2,1-3H3/t16?,17?,18-,19-/m0/s1. The number of rotatable bonds is 10. The summed E-state index contributed by atoms with van der Waals surface area (Å²) in [6, 6.07) is -0.148. The molecule has 0 radical (unpaired) electrons. The van der Waals surface area contributed by atoms with Crippen molar-refractivity contribution in [2.45, 2.75) is 82.2 Å². The summed E-state index contributed by atoms with van der Waals surface area (Å²) in [4.78, 5) is 19.2. The van der Waals surface area contributed by atoms with Gasteiger partial charge in [-0.15, -0.1) is 0 Å². The number of carbonyl (C=O) groups is 1. The highest BCUT2D eigenvalue weighted by Gasteiger charge is 2.33. The first-order valence-corrected chi connectivity index (χ1v) is 12.6. The summed E-state index contributed by atoms with van der Waals surface area (Å²) in [5.41, 5.74) is 1.87. The fraction of sp³-hybridized carbons (Fsp3) is 0.762. The number of hydrogen-bond acceptors (Lipinski definition) is 8. The average Bonchev–Trinajstić information content (AvgIpc) is 3.17. The lowest BCUT2D eigenvalue weighted by molar-refractivity contribution is -0.109. The zero-order chi connectivity index (χ0) is 22.4. The van der Waals surface area contributed by atoms with Crippen LogP contribution in [0, 0.1) is 6.92 Å². The minimum atomic E-state index is -3.30. The molecule has 0 aromatic carbocycles. The van der Waals surface area contributed by atoms with E-state index in [1.165, 1.54) is 6.33 Å². The summed E-state index contributed by atoms with van der Waals surface area (Å²) in [6.07, 6.45) is 6.76. The second-order valence-corrected chi connectivity index (χ2v) is 10.9. The zero-order valence-electron chi connectivity index (χ0n) is 18.5. The number of nitrogens with one attached hydrogen (secondary N) is 2. The van der Waals surface area contributed by atoms with Crippen LogP contribution in [0.25, 0.3) is 0 Å². The molecule has 1 saturated carbocycles. The monoisotopic (exact) mass is 454 g/mol. The van der Waals surface area contributed by atoms with Crippen LogP contribution in [0.1, 0.15) is 63.1 Å². The van der Waals surface area contributed by atoms with Gasteiger partial charge in [-0.3, -0.25) is 4.79 Å². The molecule has 3 rings (SSSR count). The number of hydrogen-bond donors (Lipinski definition) is 2. The Morgan fingerprint density at radius 1 is 1.23 bits per heavy atom. The molecule has 1 aromatic rings. The predicted molar refractivity (Wildman–Crippen MR) is 117 cm³/mol. The summed E-state index contributed by atoms with van der Waals surface area (Å²) in [7, 11) is -3.30. The van der Waals surface area contributed by atoms with Crippen molar-refractivity contribution >= 4 is 16.3 Å². The number of aryl methyl sites for hydroxylation is 1. The van der Waals surface area contributed by atoms with E-state index in [2.05, 4.69) is 20.0 Å². The van der Waals surface area contributed by atoms with Crippen molar-refractivity contribution in [2.24, 2.45) is 0 Å². The van der Waals surface area contributed by atoms with Gasteiger partial charge in [-0.25, -0.2) is 23.1 Å². The first-order chi connectivity index (χ1) is 14.8. The summed E-state index contributed by atoms with van der Waals surface area (Å²) in [5.74, 6) is 0.775. The molecule has 0 bridgehead atoms. The first-order valence-electron chi connectivity index (χ1n) is 11.1. The van der Waals surface area contributed by atoms with Gasteiger partial charge in [0.2, 0.25) is 15.9 Å². The number of aldehydes is 1. The van der Waals surface area contributed by atoms with Crippen molar-refractivity contribution in [1.82, 2.24) is 20.0 Å². The number of sulfonamides is 1. The SMILES string of the molecule is Cc1ncnc(OCC=O)c1C1CCC(OC[C@@H]2NCC[C@@H]2NS(=O)(=O)C(C)C)CC1. The molecule has 1 aliphatic heterocycles. The minimum absolute atomic E-state index is 0.0145. The van der Waals surface area contributed by atoms with Gasteiger partial charge in [0.1, 0.15) is 12.9 Å². The van der Waals surface area contributed by atoms with Crippen molar-refractivity contribution in [3.8, 4) is 5.88 Å². The van der Waals surface area contributed by atoms with E-state index >= 15 is 0 Å². The molecular formula is C21H34N4O5S. The Kier molecular flexibility index (Phi) is 8.37. The van der Waals surface area contributed by atoms with Gasteiger partial charge in [0, 0.05) is 23.3 Å². The van der Waals surface area contributed by atoms with Crippen LogP contribution in [-0.2, 0) is 19.6 Å². The van der Waals surface area contributed by atoms with E-state index in [0.717, 1.165) is 56.2 Å². The molecule has 2 atom stereocenters. The third kappa shape index (κ3) is 6.21. The van der Waals surface area contributed by atoms with Crippen LogP contribution >= 0.6 is 0 Å². The van der Waals surface area contributed by atoms with Crippen LogP contribution in [0.4, 0.5) is 0 Å². The van der Waals surface area contributed by atoms with Crippen molar-refractivity contribution in [3.63, 3.8) is 0 Å². The lowest BCUT2D eigenvalue weighted by atomic mass is 9.82. The van der Waals surface area contributed by atoms with Gasteiger partial charge in [-0.2, -0.15) is 0 Å². The highest BCUT2D eigenvalue weighted by molar-refractivity contribution is 7.90. The van der Waals surface area contributed by atoms with Crippen LogP contribution in [-0.4, -0.2) is 67.9 Å². The molecule has 31 heavy (non-hydrogen) atoms. The van der Waals surface area contributed by atoms with Crippen molar-refractivity contribution < 1.29 is 22.7 Å². The van der Waals surface area contributed by atoms with E-state index in [-0.39, 0.29) is 30.7 Å². The Morgan fingerprint density at radius 2 is 1.97 bits per heavy atom. The van der Waals surface area contributed by atoms with Crippen molar-refractivity contribution in [3.05, 3.63) is 17.6 Å². The molecule has 1 saturated heterocycles. The number of ether oxygens (including phenoxy) is 2. The fourth-order valence-corrected chi connectivity index (χ4v) is 5.32. The Morgan fingerprint density at radius 3 is 2.65 bits per heavy atom. The van der Waals surface area contributed by atoms with E-state index in [1.54, 1.807) is 13.8 Å². The van der Waals surface area contributed by atoms with Gasteiger partial charge in [-0.1, -0.05) is 0 Å². The molecule has 174 valence electrons. The van der Waals surface area contributed by atoms with E-state index in [1.807, 2.05) is 6.92 Å². The maximum atomic E-state index is 12.2. The van der Waals surface area contributed by atoms with Crippen LogP contribution < -0.4 is 14.8 Å². The second-order valence-electron chi connectivity index (χ2n) is 8.63. The molecule has 1 aliphatic carbocycles. The van der Waals surface area contributed by atoms with Gasteiger partial charge in [0.25, 0.3) is 0 Å². The average molecular weight is 455 g/mol. The molecule has 2 heterocycles. The van der Waals surface area contributed by atoms with E-state index < -0.39 is 15.3 Å². The Bertz CT molecular complexity index is 840. The lowest BCUT2D eigenvalue weighted by Crippen LogP contribution is -2.48. The fourth-order valence-electron chi connectivity index (χ4n) is 4.35. The Hall–Kier alpha value is -1.62. The van der Waals surface area contributed by atoms with Gasteiger partial charge in [-0.05, 0) is 65.3 Å². The molecule has 0 unspecified atom stereocenters. The van der Waals surface area contributed by atoms with Crippen molar-refractivity contribution in [2.75, 3.05) is 19.8 Å². The molecule has 2 fully saturated rings. The van der Waals surface area contributed by atoms with Crippen molar-refractivity contribution in [1.29, 1.82) is 0 Å². The largest absolute Gasteiger partial charge is 0.470 e. The lowest BCUT2D eigenvalue weighted by Gasteiger charge is -2.31. The predicted octanol–water partition coefficient (Wildman–Crippen LogP) is 1.46. The number of carbonyl (C=O) groups excluding carboxylic acids is 1. The van der Waals surface area contributed by atoms with Gasteiger partial charge >= 0.3 is 0 Å². The summed E-state index contributed by atoms with van der Waals surface area (Å²) < 4.78 is 38.9. The molecule has 9 nitrogen and oxygen atoms in total. The quantitative estimate of drug-likeness (QED) is 0.510. The number of nitrogens with zero attached hydrogens (tertiary/aromatic N) is 2. The summed E-state index contributed by atoms with van der Waals surface area (Å²) in [6.45, 7) is 6.56. The highest BCUT2D eigenvalue weighted by atomic mass is 32.2. The normalized spacial score (nSPS) is 26.8. The molecular weight excluding hydrogens is 420 g/mol. The molecule has 0 amide bonds. The van der Waals surface area contributed by atoms with E-state index in [4.69, 9.17) is 9.47 Å². The Balaban J connectivity index is 1.51. The maximum Gasteiger partial charge on any atom is 0.220 e. The van der Waals surface area contributed by atoms with Gasteiger partial charge in [0.15, 0.2) is 6.29 Å². The third-order valence-electron chi connectivity index (χ3n) is 6.21. The Labute approximate surface area is 184 Å².